The number of pyridine rings is 1. The second-order valence-electron chi connectivity index (χ2n) is 5.80. The molecule has 0 aliphatic carbocycles. The second kappa shape index (κ2) is 6.45. The summed E-state index contributed by atoms with van der Waals surface area (Å²) in [6.07, 6.45) is 1.80. The van der Waals surface area contributed by atoms with Crippen LogP contribution in [0.25, 0.3) is 21.9 Å². The highest BCUT2D eigenvalue weighted by Gasteiger charge is 2.13. The van der Waals surface area contributed by atoms with Gasteiger partial charge in [0.1, 0.15) is 5.75 Å². The van der Waals surface area contributed by atoms with Crippen LogP contribution in [-0.2, 0) is 6.54 Å². The van der Waals surface area contributed by atoms with Crippen molar-refractivity contribution in [3.63, 3.8) is 0 Å². The van der Waals surface area contributed by atoms with Gasteiger partial charge in [-0.05, 0) is 48.0 Å². The van der Waals surface area contributed by atoms with Crippen molar-refractivity contribution in [1.82, 2.24) is 9.55 Å². The summed E-state index contributed by atoms with van der Waals surface area (Å²) in [5.41, 5.74) is 4.17. The normalized spacial score (nSPS) is 11.5. The van der Waals surface area contributed by atoms with E-state index in [1.165, 1.54) is 0 Å². The number of hydrogen-bond donors (Lipinski definition) is 2. The molecule has 2 heterocycles. The highest BCUT2D eigenvalue weighted by molar-refractivity contribution is 7.54. The maximum absolute atomic E-state index is 9.30. The van der Waals surface area contributed by atoms with E-state index in [4.69, 9.17) is 4.74 Å². The molecule has 0 aliphatic heterocycles. The third-order valence-corrected chi connectivity index (χ3v) is 5.09. The van der Waals surface area contributed by atoms with Crippen LogP contribution in [-0.4, -0.2) is 26.4 Å². The summed E-state index contributed by atoms with van der Waals surface area (Å²) in [6.45, 7) is 0.674. The fourth-order valence-electron chi connectivity index (χ4n) is 3.11. The van der Waals surface area contributed by atoms with Gasteiger partial charge in [0.15, 0.2) is 8.38 Å². The standard InChI is InChI=1S/C19H17N2O3P/c1-24-14-6-9-17-16(11-14)19-18(3-2-10-20-19)21(17)12-13-4-7-15(8-5-13)25(22)23/h2-11,22-23H,12H2,1H3. The zero-order chi connectivity index (χ0) is 17.4. The molecule has 0 radical (unpaired) electrons. The van der Waals surface area contributed by atoms with E-state index in [0.717, 1.165) is 33.2 Å². The molecule has 5 nitrogen and oxygen atoms in total. The first-order valence-electron chi connectivity index (χ1n) is 7.85. The fraction of sp³-hybridized carbons (Fsp3) is 0.105. The van der Waals surface area contributed by atoms with E-state index in [0.29, 0.717) is 11.8 Å². The molecular formula is C19H17N2O3P. The summed E-state index contributed by atoms with van der Waals surface area (Å²) < 4.78 is 7.57. The molecule has 0 spiro atoms. The van der Waals surface area contributed by atoms with Gasteiger partial charge in [-0.3, -0.25) is 4.98 Å². The lowest BCUT2D eigenvalue weighted by atomic mass is 10.2. The van der Waals surface area contributed by atoms with E-state index in [2.05, 4.69) is 15.6 Å². The van der Waals surface area contributed by atoms with Crippen molar-refractivity contribution in [3.05, 3.63) is 66.4 Å². The summed E-state index contributed by atoms with van der Waals surface area (Å²) in [4.78, 5) is 23.1. The van der Waals surface area contributed by atoms with Gasteiger partial charge in [-0.15, -0.1) is 0 Å². The van der Waals surface area contributed by atoms with Gasteiger partial charge in [0.2, 0.25) is 0 Å². The molecule has 6 heteroatoms. The summed E-state index contributed by atoms with van der Waals surface area (Å²) >= 11 is 0. The zero-order valence-corrected chi connectivity index (χ0v) is 14.5. The fourth-order valence-corrected chi connectivity index (χ4v) is 3.52. The van der Waals surface area contributed by atoms with Crippen LogP contribution < -0.4 is 10.0 Å². The Labute approximate surface area is 146 Å². The van der Waals surface area contributed by atoms with Gasteiger partial charge in [0.25, 0.3) is 0 Å². The average molecular weight is 352 g/mol. The van der Waals surface area contributed by atoms with E-state index in [1.54, 1.807) is 25.4 Å². The number of nitrogens with zero attached hydrogens (tertiary/aromatic N) is 2. The molecule has 0 saturated carbocycles. The molecule has 0 saturated heterocycles. The number of benzene rings is 2. The topological polar surface area (TPSA) is 67.5 Å². The van der Waals surface area contributed by atoms with Crippen molar-refractivity contribution >= 4 is 35.6 Å². The molecule has 2 aromatic carbocycles. The predicted octanol–water partition coefficient (Wildman–Crippen LogP) is 3.17. The summed E-state index contributed by atoms with van der Waals surface area (Å²) in [6, 6.07) is 17.4. The van der Waals surface area contributed by atoms with Gasteiger partial charge in [-0.2, -0.15) is 0 Å². The minimum Gasteiger partial charge on any atom is -0.497 e. The van der Waals surface area contributed by atoms with E-state index in [1.807, 2.05) is 36.4 Å². The molecule has 126 valence electrons. The number of methoxy groups -OCH3 is 1. The lowest BCUT2D eigenvalue weighted by Crippen LogP contribution is -2.03. The van der Waals surface area contributed by atoms with Crippen LogP contribution in [0, 0.1) is 0 Å². The average Bonchev–Trinajstić information content (AvgIpc) is 2.95. The predicted molar refractivity (Wildman–Crippen MR) is 100 cm³/mol. The van der Waals surface area contributed by atoms with Crippen LogP contribution >= 0.6 is 8.38 Å². The van der Waals surface area contributed by atoms with Crippen LogP contribution in [0.3, 0.4) is 0 Å². The van der Waals surface area contributed by atoms with Gasteiger partial charge in [-0.1, -0.05) is 12.1 Å². The van der Waals surface area contributed by atoms with Crippen LogP contribution in [0.15, 0.2) is 60.8 Å². The molecular weight excluding hydrogens is 335 g/mol. The molecule has 0 unspecified atom stereocenters. The molecule has 2 N–H and O–H groups in total. The highest BCUT2D eigenvalue weighted by Crippen LogP contribution is 2.31. The van der Waals surface area contributed by atoms with Gasteiger partial charge in [0.05, 0.1) is 23.7 Å². The van der Waals surface area contributed by atoms with E-state index < -0.39 is 8.38 Å². The van der Waals surface area contributed by atoms with Gasteiger partial charge >= 0.3 is 0 Å². The Morgan fingerprint density at radius 2 is 1.84 bits per heavy atom. The van der Waals surface area contributed by atoms with Crippen LogP contribution in [0.1, 0.15) is 5.56 Å². The van der Waals surface area contributed by atoms with Crippen molar-refractivity contribution in [2.45, 2.75) is 6.54 Å². The van der Waals surface area contributed by atoms with E-state index in [9.17, 15) is 9.79 Å². The molecule has 0 amide bonds. The monoisotopic (exact) mass is 352 g/mol. The largest absolute Gasteiger partial charge is 0.497 e. The minimum absolute atomic E-state index is 0.548. The van der Waals surface area contributed by atoms with E-state index >= 15 is 0 Å². The van der Waals surface area contributed by atoms with Crippen LogP contribution in [0.4, 0.5) is 0 Å². The Morgan fingerprint density at radius 3 is 2.56 bits per heavy atom. The maximum Gasteiger partial charge on any atom is 0.199 e. The first-order valence-corrected chi connectivity index (χ1v) is 9.10. The SMILES string of the molecule is COc1ccc2c(c1)c1ncccc1n2Cc1ccc(P(O)O)cc1. The van der Waals surface area contributed by atoms with Crippen molar-refractivity contribution in [3.8, 4) is 5.75 Å². The Bertz CT molecular complexity index is 1040. The molecule has 25 heavy (non-hydrogen) atoms. The highest BCUT2D eigenvalue weighted by atomic mass is 31.2. The first kappa shape index (κ1) is 16.0. The molecule has 4 rings (SSSR count). The maximum atomic E-state index is 9.30. The third kappa shape index (κ3) is 2.87. The summed E-state index contributed by atoms with van der Waals surface area (Å²) in [5.74, 6) is 0.806. The molecule has 0 aliphatic rings. The number of ether oxygens (including phenoxy) is 1. The van der Waals surface area contributed by atoms with Crippen LogP contribution in [0.2, 0.25) is 0 Å². The number of hydrogen-bond acceptors (Lipinski definition) is 4. The number of rotatable bonds is 4. The Morgan fingerprint density at radius 1 is 1.04 bits per heavy atom. The van der Waals surface area contributed by atoms with E-state index in [-0.39, 0.29) is 0 Å². The Kier molecular flexibility index (Phi) is 4.14. The minimum atomic E-state index is -2.05. The van der Waals surface area contributed by atoms with Crippen molar-refractivity contribution < 1.29 is 14.5 Å². The third-order valence-electron chi connectivity index (χ3n) is 4.33. The van der Waals surface area contributed by atoms with Crippen molar-refractivity contribution in [2.24, 2.45) is 0 Å². The van der Waals surface area contributed by atoms with Crippen LogP contribution in [0.5, 0.6) is 5.75 Å². The lowest BCUT2D eigenvalue weighted by Gasteiger charge is -2.09. The van der Waals surface area contributed by atoms with Gasteiger partial charge in [-0.25, -0.2) is 0 Å². The second-order valence-corrected chi connectivity index (χ2v) is 6.89. The number of aromatic nitrogens is 2. The molecule has 0 atom stereocenters. The Hall–Kier alpha value is -2.46. The van der Waals surface area contributed by atoms with Gasteiger partial charge < -0.3 is 19.1 Å². The molecule has 4 aromatic rings. The quantitative estimate of drug-likeness (QED) is 0.554. The Balaban J connectivity index is 1.85. The molecule has 2 aromatic heterocycles. The lowest BCUT2D eigenvalue weighted by molar-refractivity contribution is 0.415. The molecule has 0 fully saturated rings. The molecule has 0 bridgehead atoms. The first-order chi connectivity index (χ1) is 12.2. The van der Waals surface area contributed by atoms with Crippen molar-refractivity contribution in [1.29, 1.82) is 0 Å². The summed E-state index contributed by atoms with van der Waals surface area (Å²) in [7, 11) is -0.392. The van der Waals surface area contributed by atoms with Gasteiger partial charge in [0, 0.05) is 23.4 Å². The summed E-state index contributed by atoms with van der Waals surface area (Å²) in [5, 5.41) is 1.60. The zero-order valence-electron chi connectivity index (χ0n) is 13.6. The number of fused-ring (bicyclic) bond motifs is 3. The smallest absolute Gasteiger partial charge is 0.199 e. The van der Waals surface area contributed by atoms with Crippen molar-refractivity contribution in [2.75, 3.05) is 7.11 Å².